The van der Waals surface area contributed by atoms with Crippen LogP contribution in [-0.4, -0.2) is 80.5 Å². The average Bonchev–Trinajstić information content (AvgIpc) is 2.57. The van der Waals surface area contributed by atoms with Gasteiger partial charge in [0.25, 0.3) is 0 Å². The van der Waals surface area contributed by atoms with E-state index in [-0.39, 0.29) is 12.1 Å². The quantitative estimate of drug-likeness (QED) is 0.795. The molecule has 1 fully saturated rings. The highest BCUT2D eigenvalue weighted by Crippen LogP contribution is 2.04. The van der Waals surface area contributed by atoms with Gasteiger partial charge in [0.05, 0.1) is 31.6 Å². The van der Waals surface area contributed by atoms with Crippen molar-refractivity contribution < 1.29 is 14.3 Å². The summed E-state index contributed by atoms with van der Waals surface area (Å²) in [5.74, 6) is 0. The number of carbonyl (C=O) groups is 1. The van der Waals surface area contributed by atoms with Crippen molar-refractivity contribution >= 4 is 6.03 Å². The monoisotopic (exact) mass is 322 g/mol. The van der Waals surface area contributed by atoms with Crippen LogP contribution >= 0.6 is 0 Å². The predicted octanol–water partition coefficient (Wildman–Crippen LogP) is 0.570. The molecule has 2 rings (SSSR count). The second-order valence-electron chi connectivity index (χ2n) is 5.68. The fourth-order valence-electron chi connectivity index (χ4n) is 2.44. The van der Waals surface area contributed by atoms with Crippen molar-refractivity contribution in [2.45, 2.75) is 12.6 Å². The SMILES string of the molecule is COCCN(Cc1ccccn1)C(=O)NC[C@H]1CN(C)CCO1. The summed E-state index contributed by atoms with van der Waals surface area (Å²) < 4.78 is 10.8. The normalized spacial score (nSPS) is 18.6. The predicted molar refractivity (Wildman–Crippen MR) is 87.2 cm³/mol. The van der Waals surface area contributed by atoms with Gasteiger partial charge in [-0.3, -0.25) is 4.98 Å². The number of aromatic nitrogens is 1. The number of hydrogen-bond acceptors (Lipinski definition) is 5. The van der Waals surface area contributed by atoms with Crippen LogP contribution in [0.25, 0.3) is 0 Å². The number of pyridine rings is 1. The van der Waals surface area contributed by atoms with Gasteiger partial charge in [-0.05, 0) is 19.2 Å². The van der Waals surface area contributed by atoms with Crippen LogP contribution in [0.15, 0.2) is 24.4 Å². The summed E-state index contributed by atoms with van der Waals surface area (Å²) in [5, 5.41) is 2.95. The van der Waals surface area contributed by atoms with Gasteiger partial charge in [0.1, 0.15) is 0 Å². The minimum atomic E-state index is -0.121. The third-order valence-electron chi connectivity index (χ3n) is 3.75. The number of nitrogens with one attached hydrogen (secondary N) is 1. The van der Waals surface area contributed by atoms with Gasteiger partial charge in [-0.2, -0.15) is 0 Å². The molecule has 1 aromatic heterocycles. The third kappa shape index (κ3) is 6.13. The maximum absolute atomic E-state index is 12.4. The van der Waals surface area contributed by atoms with Gasteiger partial charge >= 0.3 is 6.03 Å². The zero-order chi connectivity index (χ0) is 16.5. The Labute approximate surface area is 137 Å². The molecule has 7 nitrogen and oxygen atoms in total. The summed E-state index contributed by atoms with van der Waals surface area (Å²) >= 11 is 0. The summed E-state index contributed by atoms with van der Waals surface area (Å²) in [6, 6.07) is 5.57. The molecule has 0 unspecified atom stereocenters. The van der Waals surface area contributed by atoms with Crippen molar-refractivity contribution in [3.05, 3.63) is 30.1 Å². The fraction of sp³-hybridized carbons (Fsp3) is 0.625. The van der Waals surface area contributed by atoms with Gasteiger partial charge in [0, 0.05) is 39.5 Å². The molecule has 1 aliphatic rings. The number of likely N-dealkylation sites (N-methyl/N-ethyl adjacent to an activating group) is 1. The van der Waals surface area contributed by atoms with Crippen molar-refractivity contribution in [3.8, 4) is 0 Å². The first-order chi connectivity index (χ1) is 11.2. The number of morpholine rings is 1. The summed E-state index contributed by atoms with van der Waals surface area (Å²) in [4.78, 5) is 20.6. The highest BCUT2D eigenvalue weighted by atomic mass is 16.5. The Morgan fingerprint density at radius 2 is 2.43 bits per heavy atom. The Morgan fingerprint density at radius 1 is 1.57 bits per heavy atom. The van der Waals surface area contributed by atoms with E-state index in [1.54, 1.807) is 18.2 Å². The van der Waals surface area contributed by atoms with Crippen molar-refractivity contribution in [2.75, 3.05) is 53.6 Å². The second-order valence-corrected chi connectivity index (χ2v) is 5.68. The maximum atomic E-state index is 12.4. The molecule has 7 heteroatoms. The molecule has 0 spiro atoms. The van der Waals surface area contributed by atoms with Crippen molar-refractivity contribution in [2.24, 2.45) is 0 Å². The Balaban J connectivity index is 1.85. The first kappa shape index (κ1) is 17.7. The Bertz CT molecular complexity index is 472. The van der Waals surface area contributed by atoms with Gasteiger partial charge in [-0.25, -0.2) is 4.79 Å². The van der Waals surface area contributed by atoms with E-state index < -0.39 is 0 Å². The van der Waals surface area contributed by atoms with Crippen LogP contribution in [0, 0.1) is 0 Å². The van der Waals surface area contributed by atoms with Gasteiger partial charge in [0.15, 0.2) is 0 Å². The van der Waals surface area contributed by atoms with Crippen LogP contribution in [0.1, 0.15) is 5.69 Å². The van der Waals surface area contributed by atoms with Gasteiger partial charge < -0.3 is 24.6 Å². The molecule has 1 atom stereocenters. The van der Waals surface area contributed by atoms with E-state index >= 15 is 0 Å². The molecular formula is C16H26N4O3. The number of hydrogen-bond donors (Lipinski definition) is 1. The van der Waals surface area contributed by atoms with E-state index in [1.807, 2.05) is 18.2 Å². The lowest BCUT2D eigenvalue weighted by Gasteiger charge is -2.31. The highest BCUT2D eigenvalue weighted by molar-refractivity contribution is 5.74. The minimum Gasteiger partial charge on any atom is -0.383 e. The first-order valence-electron chi connectivity index (χ1n) is 7.91. The van der Waals surface area contributed by atoms with E-state index in [4.69, 9.17) is 9.47 Å². The first-order valence-corrected chi connectivity index (χ1v) is 7.91. The van der Waals surface area contributed by atoms with Crippen molar-refractivity contribution in [1.29, 1.82) is 0 Å². The number of nitrogens with zero attached hydrogens (tertiary/aromatic N) is 3. The summed E-state index contributed by atoms with van der Waals surface area (Å²) in [6.07, 6.45) is 1.77. The number of amides is 2. The number of carbonyl (C=O) groups excluding carboxylic acids is 1. The molecule has 1 N–H and O–H groups in total. The lowest BCUT2D eigenvalue weighted by molar-refractivity contribution is -0.0173. The van der Waals surface area contributed by atoms with Gasteiger partial charge in [-0.1, -0.05) is 6.07 Å². The molecular weight excluding hydrogens is 296 g/mol. The van der Waals surface area contributed by atoms with Crippen LogP contribution in [0.2, 0.25) is 0 Å². The summed E-state index contributed by atoms with van der Waals surface area (Å²) in [7, 11) is 3.69. The summed E-state index contributed by atoms with van der Waals surface area (Å²) in [6.45, 7) is 4.45. The summed E-state index contributed by atoms with van der Waals surface area (Å²) in [5.41, 5.74) is 0.854. The van der Waals surface area contributed by atoms with E-state index in [9.17, 15) is 4.79 Å². The Kier molecular flexibility index (Phi) is 7.25. The van der Waals surface area contributed by atoms with Crippen LogP contribution in [0.3, 0.4) is 0 Å². The third-order valence-corrected chi connectivity index (χ3v) is 3.75. The van der Waals surface area contributed by atoms with Crippen LogP contribution in [-0.2, 0) is 16.0 Å². The van der Waals surface area contributed by atoms with Crippen molar-refractivity contribution in [1.82, 2.24) is 20.1 Å². The molecule has 0 aliphatic carbocycles. The lowest BCUT2D eigenvalue weighted by atomic mass is 10.3. The van der Waals surface area contributed by atoms with Gasteiger partial charge in [-0.15, -0.1) is 0 Å². The standard InChI is InChI=1S/C16H26N4O3/c1-19-7-10-23-15(13-19)11-18-16(21)20(8-9-22-2)12-14-5-3-4-6-17-14/h3-6,15H,7-13H2,1-2H3,(H,18,21)/t15-/m0/s1. The average molecular weight is 322 g/mol. The topological polar surface area (TPSA) is 66.9 Å². The molecule has 2 heterocycles. The molecule has 23 heavy (non-hydrogen) atoms. The molecule has 0 bridgehead atoms. The molecule has 2 amide bonds. The van der Waals surface area contributed by atoms with E-state index in [2.05, 4.69) is 22.2 Å². The Morgan fingerprint density at radius 3 is 3.13 bits per heavy atom. The van der Waals surface area contributed by atoms with Crippen LogP contribution in [0.4, 0.5) is 4.79 Å². The zero-order valence-corrected chi connectivity index (χ0v) is 13.9. The largest absolute Gasteiger partial charge is 0.383 e. The Hall–Kier alpha value is -1.70. The van der Waals surface area contributed by atoms with E-state index in [1.165, 1.54) is 0 Å². The molecule has 0 aromatic carbocycles. The number of ether oxygens (including phenoxy) is 2. The van der Waals surface area contributed by atoms with Crippen LogP contribution in [0.5, 0.6) is 0 Å². The number of urea groups is 1. The minimum absolute atomic E-state index is 0.0387. The number of methoxy groups -OCH3 is 1. The molecule has 0 saturated carbocycles. The van der Waals surface area contributed by atoms with Gasteiger partial charge in [0.2, 0.25) is 0 Å². The zero-order valence-electron chi connectivity index (χ0n) is 13.9. The molecule has 1 aromatic rings. The van der Waals surface area contributed by atoms with Crippen molar-refractivity contribution in [3.63, 3.8) is 0 Å². The van der Waals surface area contributed by atoms with E-state index in [0.29, 0.717) is 32.8 Å². The van der Waals surface area contributed by atoms with E-state index in [0.717, 1.165) is 18.8 Å². The lowest BCUT2D eigenvalue weighted by Crippen LogP contribution is -2.49. The highest BCUT2D eigenvalue weighted by Gasteiger charge is 2.20. The second kappa shape index (κ2) is 9.44. The molecule has 1 saturated heterocycles. The smallest absolute Gasteiger partial charge is 0.317 e. The van der Waals surface area contributed by atoms with Crippen LogP contribution < -0.4 is 5.32 Å². The number of rotatable bonds is 7. The molecule has 128 valence electrons. The molecule has 0 radical (unpaired) electrons. The fourth-order valence-corrected chi connectivity index (χ4v) is 2.44. The molecule has 1 aliphatic heterocycles. The maximum Gasteiger partial charge on any atom is 0.317 e.